The first-order valence-corrected chi connectivity index (χ1v) is 11.5. The van der Waals surface area contributed by atoms with Crippen LogP contribution in [-0.4, -0.2) is 16.6 Å². The van der Waals surface area contributed by atoms with Crippen molar-refractivity contribution in [2.45, 2.75) is 84.5 Å². The zero-order valence-corrected chi connectivity index (χ0v) is 18.4. The summed E-state index contributed by atoms with van der Waals surface area (Å²) in [5, 5.41) is 0. The molecule has 0 saturated carbocycles. The molecule has 2 aromatic rings. The molecule has 3 heteroatoms. The lowest BCUT2D eigenvalue weighted by atomic mass is 10.1. The van der Waals surface area contributed by atoms with Crippen LogP contribution in [0.4, 0.5) is 0 Å². The van der Waals surface area contributed by atoms with Crippen molar-refractivity contribution in [3.05, 3.63) is 54.4 Å². The summed E-state index contributed by atoms with van der Waals surface area (Å²) in [7, 11) is 0. The van der Waals surface area contributed by atoms with Gasteiger partial charge in [0.15, 0.2) is 5.82 Å². The van der Waals surface area contributed by atoms with Crippen LogP contribution in [0.5, 0.6) is 5.75 Å². The summed E-state index contributed by atoms with van der Waals surface area (Å²) < 4.78 is 5.81. The van der Waals surface area contributed by atoms with E-state index in [0.717, 1.165) is 30.0 Å². The average molecular weight is 395 g/mol. The van der Waals surface area contributed by atoms with E-state index in [0.29, 0.717) is 6.61 Å². The first kappa shape index (κ1) is 23.1. The van der Waals surface area contributed by atoms with Gasteiger partial charge in [-0.1, -0.05) is 70.9 Å². The Morgan fingerprint density at radius 3 is 2.14 bits per heavy atom. The fourth-order valence-corrected chi connectivity index (χ4v) is 3.25. The SMILES string of the molecule is CCCC/C=C\CCOc1ccc(-c2ncc(CCCCCCCC)cn2)cc1. The van der Waals surface area contributed by atoms with E-state index in [1.807, 2.05) is 36.7 Å². The molecular weight excluding hydrogens is 356 g/mol. The van der Waals surface area contributed by atoms with Crippen LogP contribution in [0.2, 0.25) is 0 Å². The van der Waals surface area contributed by atoms with Gasteiger partial charge < -0.3 is 4.74 Å². The number of ether oxygens (including phenoxy) is 1. The molecule has 0 N–H and O–H groups in total. The topological polar surface area (TPSA) is 35.0 Å². The lowest BCUT2D eigenvalue weighted by Gasteiger charge is -2.06. The van der Waals surface area contributed by atoms with Crippen molar-refractivity contribution < 1.29 is 4.74 Å². The molecule has 0 fully saturated rings. The van der Waals surface area contributed by atoms with Gasteiger partial charge in [-0.25, -0.2) is 9.97 Å². The van der Waals surface area contributed by atoms with Gasteiger partial charge in [0.2, 0.25) is 0 Å². The lowest BCUT2D eigenvalue weighted by molar-refractivity contribution is 0.325. The molecule has 0 aliphatic rings. The minimum Gasteiger partial charge on any atom is -0.493 e. The van der Waals surface area contributed by atoms with Crippen LogP contribution in [0.1, 0.15) is 83.6 Å². The molecule has 0 spiro atoms. The highest BCUT2D eigenvalue weighted by Crippen LogP contribution is 2.20. The predicted octanol–water partition coefficient (Wildman–Crippen LogP) is 7.56. The standard InChI is InChI=1S/C26H38N2O/c1-3-5-7-9-11-13-15-23-21-27-26(28-22-23)24-16-18-25(19-17-24)29-20-14-12-10-8-6-4-2/h10,12,16-19,21-22H,3-9,11,13-15,20H2,1-2H3/b12-10-. The minimum atomic E-state index is 0.714. The Balaban J connectivity index is 1.71. The van der Waals surface area contributed by atoms with Crippen molar-refractivity contribution in [3.8, 4) is 17.1 Å². The summed E-state index contributed by atoms with van der Waals surface area (Å²) in [6, 6.07) is 8.08. The van der Waals surface area contributed by atoms with Gasteiger partial charge in [-0.05, 0) is 55.5 Å². The van der Waals surface area contributed by atoms with Gasteiger partial charge in [-0.3, -0.25) is 0 Å². The van der Waals surface area contributed by atoms with Crippen LogP contribution in [-0.2, 0) is 6.42 Å². The van der Waals surface area contributed by atoms with Crippen molar-refractivity contribution in [3.63, 3.8) is 0 Å². The number of aromatic nitrogens is 2. The van der Waals surface area contributed by atoms with E-state index in [1.54, 1.807) is 0 Å². The predicted molar refractivity (Wildman–Crippen MR) is 123 cm³/mol. The Labute approximate surface area is 177 Å². The third-order valence-electron chi connectivity index (χ3n) is 5.08. The zero-order chi connectivity index (χ0) is 20.6. The maximum Gasteiger partial charge on any atom is 0.159 e. The Bertz CT molecular complexity index is 677. The molecule has 158 valence electrons. The molecule has 0 saturated heterocycles. The molecule has 0 amide bonds. The molecule has 1 heterocycles. The van der Waals surface area contributed by atoms with Crippen molar-refractivity contribution in [2.75, 3.05) is 6.61 Å². The van der Waals surface area contributed by atoms with E-state index in [9.17, 15) is 0 Å². The zero-order valence-electron chi connectivity index (χ0n) is 18.4. The molecule has 29 heavy (non-hydrogen) atoms. The lowest BCUT2D eigenvalue weighted by Crippen LogP contribution is -1.96. The number of rotatable bonds is 15. The van der Waals surface area contributed by atoms with Crippen LogP contribution in [0.25, 0.3) is 11.4 Å². The summed E-state index contributed by atoms with van der Waals surface area (Å²) in [4.78, 5) is 9.11. The van der Waals surface area contributed by atoms with Gasteiger partial charge >= 0.3 is 0 Å². The fraction of sp³-hybridized carbons (Fsp3) is 0.538. The Kier molecular flexibility index (Phi) is 11.8. The molecule has 0 aliphatic carbocycles. The summed E-state index contributed by atoms with van der Waals surface area (Å²) in [5.74, 6) is 1.68. The molecule has 0 radical (unpaired) electrons. The Morgan fingerprint density at radius 1 is 0.759 bits per heavy atom. The Hall–Kier alpha value is -2.16. The third-order valence-corrected chi connectivity index (χ3v) is 5.08. The molecule has 3 nitrogen and oxygen atoms in total. The quantitative estimate of drug-likeness (QED) is 0.231. The number of benzene rings is 1. The third kappa shape index (κ3) is 9.74. The Morgan fingerprint density at radius 2 is 1.41 bits per heavy atom. The summed E-state index contributed by atoms with van der Waals surface area (Å²) in [5.41, 5.74) is 2.26. The van der Waals surface area contributed by atoms with Gasteiger partial charge in [0, 0.05) is 18.0 Å². The molecular formula is C26H38N2O. The number of unbranched alkanes of at least 4 members (excludes halogenated alkanes) is 7. The van der Waals surface area contributed by atoms with Crippen molar-refractivity contribution in [1.82, 2.24) is 9.97 Å². The molecule has 0 aliphatic heterocycles. The smallest absolute Gasteiger partial charge is 0.159 e. The minimum absolute atomic E-state index is 0.714. The van der Waals surface area contributed by atoms with E-state index < -0.39 is 0 Å². The van der Waals surface area contributed by atoms with Crippen molar-refractivity contribution >= 4 is 0 Å². The highest BCUT2D eigenvalue weighted by Gasteiger charge is 2.03. The van der Waals surface area contributed by atoms with E-state index >= 15 is 0 Å². The van der Waals surface area contributed by atoms with Crippen molar-refractivity contribution in [2.24, 2.45) is 0 Å². The largest absolute Gasteiger partial charge is 0.493 e. The molecule has 0 atom stereocenters. The maximum atomic E-state index is 5.81. The van der Waals surface area contributed by atoms with Gasteiger partial charge in [0.05, 0.1) is 6.61 Å². The van der Waals surface area contributed by atoms with Gasteiger partial charge in [0.1, 0.15) is 5.75 Å². The average Bonchev–Trinajstić information content (AvgIpc) is 2.76. The number of allylic oxidation sites excluding steroid dienone is 1. The highest BCUT2D eigenvalue weighted by atomic mass is 16.5. The van der Waals surface area contributed by atoms with E-state index in [4.69, 9.17) is 4.74 Å². The molecule has 0 unspecified atom stereocenters. The van der Waals surface area contributed by atoms with Gasteiger partial charge in [0.25, 0.3) is 0 Å². The van der Waals surface area contributed by atoms with Gasteiger partial charge in [-0.15, -0.1) is 0 Å². The molecule has 0 bridgehead atoms. The van der Waals surface area contributed by atoms with Gasteiger partial charge in [-0.2, -0.15) is 0 Å². The second-order valence-corrected chi connectivity index (χ2v) is 7.71. The second-order valence-electron chi connectivity index (χ2n) is 7.71. The van der Waals surface area contributed by atoms with E-state index in [1.165, 1.54) is 63.4 Å². The van der Waals surface area contributed by atoms with E-state index in [-0.39, 0.29) is 0 Å². The first-order chi connectivity index (χ1) is 14.3. The van der Waals surface area contributed by atoms with Crippen LogP contribution in [0.15, 0.2) is 48.8 Å². The summed E-state index contributed by atoms with van der Waals surface area (Å²) in [6.45, 7) is 5.19. The first-order valence-electron chi connectivity index (χ1n) is 11.5. The van der Waals surface area contributed by atoms with Crippen LogP contribution < -0.4 is 4.74 Å². The normalized spacial score (nSPS) is 11.2. The van der Waals surface area contributed by atoms with Crippen molar-refractivity contribution in [1.29, 1.82) is 0 Å². The number of hydrogen-bond donors (Lipinski definition) is 0. The number of nitrogens with zero attached hydrogens (tertiary/aromatic N) is 2. The van der Waals surface area contributed by atoms with Crippen LogP contribution >= 0.6 is 0 Å². The molecule has 1 aromatic carbocycles. The molecule has 1 aromatic heterocycles. The highest BCUT2D eigenvalue weighted by molar-refractivity contribution is 5.55. The fourth-order valence-electron chi connectivity index (χ4n) is 3.25. The number of aryl methyl sites for hydroxylation is 1. The number of hydrogen-bond acceptors (Lipinski definition) is 3. The van der Waals surface area contributed by atoms with Crippen LogP contribution in [0.3, 0.4) is 0 Å². The maximum absolute atomic E-state index is 5.81. The van der Waals surface area contributed by atoms with Crippen LogP contribution in [0, 0.1) is 0 Å². The molecule has 2 rings (SSSR count). The second kappa shape index (κ2) is 14.8. The van der Waals surface area contributed by atoms with E-state index in [2.05, 4.69) is 36.0 Å². The summed E-state index contributed by atoms with van der Waals surface area (Å²) >= 11 is 0. The monoisotopic (exact) mass is 394 g/mol. The summed E-state index contributed by atoms with van der Waals surface area (Å²) in [6.07, 6.45) is 22.0.